The van der Waals surface area contributed by atoms with Gasteiger partial charge in [0.25, 0.3) is 0 Å². The Labute approximate surface area is 146 Å². The molecule has 1 aliphatic heterocycles. The van der Waals surface area contributed by atoms with Crippen molar-refractivity contribution in [2.24, 2.45) is 5.92 Å². The van der Waals surface area contributed by atoms with Crippen LogP contribution in [-0.2, 0) is 14.4 Å². The van der Waals surface area contributed by atoms with Crippen molar-refractivity contribution in [2.45, 2.75) is 52.0 Å². The number of nitrogens with one attached hydrogen (secondary N) is 2. The van der Waals surface area contributed by atoms with Crippen LogP contribution in [0.5, 0.6) is 0 Å². The smallest absolute Gasteiger partial charge is 0.334 e. The van der Waals surface area contributed by atoms with Gasteiger partial charge in [-0.05, 0) is 25.2 Å². The third-order valence-electron chi connectivity index (χ3n) is 4.57. The summed E-state index contributed by atoms with van der Waals surface area (Å²) in [4.78, 5) is 61.7. The Bertz CT molecular complexity index is 591. The minimum absolute atomic E-state index is 0.114. The predicted molar refractivity (Wildman–Crippen MR) is 87.2 cm³/mol. The Morgan fingerprint density at radius 2 is 1.80 bits per heavy atom. The largest absolute Gasteiger partial charge is 0.338 e. The molecular formula is C16H24N4O5. The highest BCUT2D eigenvalue weighted by atomic mass is 16.2. The number of hydrogen-bond donors (Lipinski definition) is 2. The summed E-state index contributed by atoms with van der Waals surface area (Å²) < 4.78 is 0. The molecule has 2 rings (SSSR count). The van der Waals surface area contributed by atoms with Gasteiger partial charge in [0.2, 0.25) is 5.91 Å². The van der Waals surface area contributed by atoms with Crippen LogP contribution in [0.1, 0.15) is 46.0 Å². The van der Waals surface area contributed by atoms with Crippen molar-refractivity contribution in [2.75, 3.05) is 13.1 Å². The Balaban J connectivity index is 2.01. The first-order chi connectivity index (χ1) is 11.9. The molecule has 7 amide bonds. The van der Waals surface area contributed by atoms with E-state index in [2.05, 4.69) is 5.32 Å². The van der Waals surface area contributed by atoms with Crippen molar-refractivity contribution in [3.8, 4) is 0 Å². The van der Waals surface area contributed by atoms with Gasteiger partial charge in [0, 0.05) is 12.6 Å². The highest BCUT2D eigenvalue weighted by Crippen LogP contribution is 2.31. The van der Waals surface area contributed by atoms with Crippen LogP contribution in [0.3, 0.4) is 0 Å². The lowest BCUT2D eigenvalue weighted by molar-refractivity contribution is -0.145. The zero-order valence-electron chi connectivity index (χ0n) is 14.5. The number of amides is 7. The molecule has 2 atom stereocenters. The zero-order valence-corrected chi connectivity index (χ0v) is 14.5. The predicted octanol–water partition coefficient (Wildman–Crippen LogP) is 0.592. The molecule has 2 aliphatic rings. The van der Waals surface area contributed by atoms with Gasteiger partial charge >= 0.3 is 23.9 Å². The quantitative estimate of drug-likeness (QED) is 0.555. The minimum Gasteiger partial charge on any atom is -0.338 e. The average molecular weight is 352 g/mol. The molecule has 1 saturated heterocycles. The van der Waals surface area contributed by atoms with Crippen LogP contribution in [-0.4, -0.2) is 58.7 Å². The first kappa shape index (κ1) is 18.9. The van der Waals surface area contributed by atoms with Crippen molar-refractivity contribution >= 4 is 29.8 Å². The fourth-order valence-corrected chi connectivity index (χ4v) is 3.23. The van der Waals surface area contributed by atoms with E-state index < -0.39 is 36.3 Å². The van der Waals surface area contributed by atoms with Crippen molar-refractivity contribution in [3.63, 3.8) is 0 Å². The molecule has 2 fully saturated rings. The lowest BCUT2D eigenvalue weighted by atomic mass is 9.85. The van der Waals surface area contributed by atoms with E-state index in [1.54, 1.807) is 0 Å². The van der Waals surface area contributed by atoms with E-state index in [0.717, 1.165) is 24.2 Å². The van der Waals surface area contributed by atoms with E-state index in [9.17, 15) is 24.0 Å². The van der Waals surface area contributed by atoms with Gasteiger partial charge in [0.1, 0.15) is 6.54 Å². The fraction of sp³-hybridized carbons (Fsp3) is 0.688. The van der Waals surface area contributed by atoms with E-state index in [0.29, 0.717) is 24.3 Å². The average Bonchev–Trinajstić information content (AvgIpc) is 2.77. The third kappa shape index (κ3) is 4.15. The van der Waals surface area contributed by atoms with E-state index in [1.165, 1.54) is 0 Å². The molecule has 0 aromatic carbocycles. The van der Waals surface area contributed by atoms with E-state index in [1.807, 2.05) is 19.2 Å². The van der Waals surface area contributed by atoms with E-state index in [-0.39, 0.29) is 12.0 Å². The summed E-state index contributed by atoms with van der Waals surface area (Å²) in [5, 5.41) is 4.48. The number of rotatable bonds is 5. The standard InChI is InChI=1S/C16H24N4O5/c1-3-8-17-15(24)18-12(21)9-19-13(22)14(23)20(16(19)25)11-7-5-4-6-10(11)2/h10-11H,3-9H2,1-2H3,(H2,17,18,21,24)/t10-,11+/m0/s1. The Morgan fingerprint density at radius 3 is 2.44 bits per heavy atom. The van der Waals surface area contributed by atoms with Crippen LogP contribution < -0.4 is 10.6 Å². The molecule has 1 heterocycles. The lowest BCUT2D eigenvalue weighted by Gasteiger charge is -2.34. The maximum absolute atomic E-state index is 12.5. The number of carbonyl (C=O) groups is 5. The molecule has 0 aromatic rings. The molecule has 9 nitrogen and oxygen atoms in total. The summed E-state index contributed by atoms with van der Waals surface area (Å²) in [5.74, 6) is -2.62. The van der Waals surface area contributed by atoms with Crippen molar-refractivity contribution in [1.82, 2.24) is 20.4 Å². The molecule has 9 heteroatoms. The highest BCUT2D eigenvalue weighted by Gasteiger charge is 2.49. The molecule has 0 unspecified atom stereocenters. The molecule has 138 valence electrons. The second-order valence-electron chi connectivity index (χ2n) is 6.48. The molecular weight excluding hydrogens is 328 g/mol. The maximum Gasteiger partial charge on any atom is 0.334 e. The second-order valence-corrected chi connectivity index (χ2v) is 6.48. The number of imide groups is 3. The molecule has 0 aromatic heterocycles. The summed E-state index contributed by atoms with van der Waals surface area (Å²) in [6, 6.07) is -1.80. The number of urea groups is 2. The molecule has 1 saturated carbocycles. The van der Waals surface area contributed by atoms with Crippen molar-refractivity contribution in [3.05, 3.63) is 0 Å². The van der Waals surface area contributed by atoms with Gasteiger partial charge in [-0.3, -0.25) is 24.6 Å². The van der Waals surface area contributed by atoms with E-state index in [4.69, 9.17) is 0 Å². The van der Waals surface area contributed by atoms with Gasteiger partial charge in [-0.15, -0.1) is 0 Å². The molecule has 2 N–H and O–H groups in total. The number of hydrogen-bond acceptors (Lipinski definition) is 5. The van der Waals surface area contributed by atoms with E-state index >= 15 is 0 Å². The molecule has 0 radical (unpaired) electrons. The number of nitrogens with zero attached hydrogens (tertiary/aromatic N) is 2. The van der Waals surface area contributed by atoms with Gasteiger partial charge in [-0.2, -0.15) is 0 Å². The SMILES string of the molecule is CCCNC(=O)NC(=O)CN1C(=O)C(=O)N([C@@H]2CCCC[C@@H]2C)C1=O. The lowest BCUT2D eigenvalue weighted by Crippen LogP contribution is -2.48. The van der Waals surface area contributed by atoms with Crippen LogP contribution in [0.25, 0.3) is 0 Å². The van der Waals surface area contributed by atoms with Crippen LogP contribution in [0.15, 0.2) is 0 Å². The molecule has 25 heavy (non-hydrogen) atoms. The highest BCUT2D eigenvalue weighted by molar-refractivity contribution is 6.45. The normalized spacial score (nSPS) is 23.8. The van der Waals surface area contributed by atoms with Gasteiger partial charge in [-0.1, -0.05) is 26.7 Å². The molecule has 1 aliphatic carbocycles. The maximum atomic E-state index is 12.5. The summed E-state index contributed by atoms with van der Waals surface area (Å²) in [6.07, 6.45) is 4.16. The minimum atomic E-state index is -1.02. The van der Waals surface area contributed by atoms with Crippen LogP contribution in [0.2, 0.25) is 0 Å². The van der Waals surface area contributed by atoms with Gasteiger partial charge in [0.05, 0.1) is 0 Å². The Morgan fingerprint density at radius 1 is 1.12 bits per heavy atom. The Hall–Kier alpha value is -2.45. The fourth-order valence-electron chi connectivity index (χ4n) is 3.23. The summed E-state index contributed by atoms with van der Waals surface area (Å²) >= 11 is 0. The first-order valence-corrected chi connectivity index (χ1v) is 8.63. The Kier molecular flexibility index (Phi) is 6.11. The third-order valence-corrected chi connectivity index (χ3v) is 4.57. The molecule has 0 bridgehead atoms. The van der Waals surface area contributed by atoms with Crippen molar-refractivity contribution < 1.29 is 24.0 Å². The van der Waals surface area contributed by atoms with Gasteiger partial charge in [0.15, 0.2) is 0 Å². The monoisotopic (exact) mass is 352 g/mol. The summed E-state index contributed by atoms with van der Waals surface area (Å²) in [7, 11) is 0. The van der Waals surface area contributed by atoms with Gasteiger partial charge < -0.3 is 5.32 Å². The van der Waals surface area contributed by atoms with Crippen LogP contribution in [0.4, 0.5) is 9.59 Å². The zero-order chi connectivity index (χ0) is 18.6. The van der Waals surface area contributed by atoms with Gasteiger partial charge in [-0.25, -0.2) is 14.5 Å². The summed E-state index contributed by atoms with van der Waals surface area (Å²) in [6.45, 7) is 3.55. The summed E-state index contributed by atoms with van der Waals surface area (Å²) in [5.41, 5.74) is 0. The molecule has 0 spiro atoms. The van der Waals surface area contributed by atoms with Crippen molar-refractivity contribution in [1.29, 1.82) is 0 Å². The number of carbonyl (C=O) groups excluding carboxylic acids is 5. The topological polar surface area (TPSA) is 116 Å². The van der Waals surface area contributed by atoms with Crippen LogP contribution in [0, 0.1) is 5.92 Å². The second kappa shape index (κ2) is 8.09. The van der Waals surface area contributed by atoms with Crippen LogP contribution >= 0.6 is 0 Å². The first-order valence-electron chi connectivity index (χ1n) is 8.63.